The first kappa shape index (κ1) is 16.7. The van der Waals surface area contributed by atoms with Gasteiger partial charge in [-0.3, -0.25) is 14.4 Å². The van der Waals surface area contributed by atoms with Gasteiger partial charge in [0.15, 0.2) is 0 Å². The molecule has 0 unspecified atom stereocenters. The number of nitrogens with zero attached hydrogens (tertiary/aromatic N) is 3. The number of hydrogen-bond donors (Lipinski definition) is 1. The minimum Gasteiger partial charge on any atom is -0.379 e. The van der Waals surface area contributed by atoms with Gasteiger partial charge in [-0.05, 0) is 24.6 Å². The SMILES string of the molecule is C[C@H](CNC(=O)c1ccccc1Cn1cccn1)N1CCOCC1. The number of benzene rings is 1. The summed E-state index contributed by atoms with van der Waals surface area (Å²) in [6.45, 7) is 6.75. The van der Waals surface area contributed by atoms with Crippen molar-refractivity contribution in [2.24, 2.45) is 0 Å². The Bertz CT molecular complexity index is 651. The predicted octanol–water partition coefficient (Wildman–Crippen LogP) is 1.38. The summed E-state index contributed by atoms with van der Waals surface area (Å²) in [4.78, 5) is 14.9. The summed E-state index contributed by atoms with van der Waals surface area (Å²) in [6.07, 6.45) is 3.64. The number of amides is 1. The fourth-order valence-electron chi connectivity index (χ4n) is 2.93. The molecule has 0 radical (unpaired) electrons. The van der Waals surface area contributed by atoms with Gasteiger partial charge in [0.25, 0.3) is 5.91 Å². The molecule has 1 aromatic carbocycles. The van der Waals surface area contributed by atoms with Crippen LogP contribution in [0.2, 0.25) is 0 Å². The zero-order valence-electron chi connectivity index (χ0n) is 14.0. The van der Waals surface area contributed by atoms with Crippen molar-refractivity contribution in [1.29, 1.82) is 0 Å². The van der Waals surface area contributed by atoms with Crippen LogP contribution in [0.4, 0.5) is 0 Å². The number of nitrogens with one attached hydrogen (secondary N) is 1. The molecule has 6 nitrogen and oxygen atoms in total. The van der Waals surface area contributed by atoms with Crippen LogP contribution in [0.5, 0.6) is 0 Å². The van der Waals surface area contributed by atoms with Gasteiger partial charge in [-0.15, -0.1) is 0 Å². The second-order valence-corrected chi connectivity index (χ2v) is 6.07. The number of ether oxygens (including phenoxy) is 1. The van der Waals surface area contributed by atoms with Gasteiger partial charge in [0.2, 0.25) is 0 Å². The lowest BCUT2D eigenvalue weighted by atomic mass is 10.1. The smallest absolute Gasteiger partial charge is 0.251 e. The van der Waals surface area contributed by atoms with E-state index < -0.39 is 0 Å². The Kier molecular flexibility index (Phi) is 5.61. The van der Waals surface area contributed by atoms with Gasteiger partial charge in [-0.2, -0.15) is 5.10 Å². The van der Waals surface area contributed by atoms with E-state index in [1.165, 1.54) is 0 Å². The minimum absolute atomic E-state index is 0.0298. The van der Waals surface area contributed by atoms with Crippen LogP contribution in [0, 0.1) is 0 Å². The standard InChI is InChI=1S/C18H24N4O2/c1-15(21-9-11-24-12-10-21)13-19-18(23)17-6-3-2-5-16(17)14-22-8-4-7-20-22/h2-8,15H,9-14H2,1H3,(H,19,23)/t15-/m1/s1. The molecule has 0 bridgehead atoms. The summed E-state index contributed by atoms with van der Waals surface area (Å²) in [5.41, 5.74) is 1.68. The third kappa shape index (κ3) is 4.21. The van der Waals surface area contributed by atoms with Crippen molar-refractivity contribution in [3.63, 3.8) is 0 Å². The van der Waals surface area contributed by atoms with Crippen LogP contribution in [-0.2, 0) is 11.3 Å². The van der Waals surface area contributed by atoms with Crippen molar-refractivity contribution in [3.05, 3.63) is 53.9 Å². The van der Waals surface area contributed by atoms with Crippen molar-refractivity contribution in [3.8, 4) is 0 Å². The van der Waals surface area contributed by atoms with Gasteiger partial charge in [-0.25, -0.2) is 0 Å². The van der Waals surface area contributed by atoms with Crippen molar-refractivity contribution in [2.75, 3.05) is 32.8 Å². The number of hydrogen-bond acceptors (Lipinski definition) is 4. The van der Waals surface area contributed by atoms with Crippen LogP contribution in [0.1, 0.15) is 22.8 Å². The van der Waals surface area contributed by atoms with Gasteiger partial charge in [0.05, 0.1) is 19.8 Å². The first-order valence-electron chi connectivity index (χ1n) is 8.39. The van der Waals surface area contributed by atoms with Gasteiger partial charge in [-0.1, -0.05) is 18.2 Å². The molecule has 0 saturated carbocycles. The summed E-state index contributed by atoms with van der Waals surface area (Å²) in [5, 5.41) is 7.28. The Morgan fingerprint density at radius 2 is 2.08 bits per heavy atom. The molecule has 1 saturated heterocycles. The maximum absolute atomic E-state index is 12.6. The molecular weight excluding hydrogens is 304 g/mol. The molecule has 3 rings (SSSR count). The van der Waals surface area contributed by atoms with Crippen LogP contribution in [0.3, 0.4) is 0 Å². The number of carbonyl (C=O) groups excluding carboxylic acids is 1. The Labute approximate surface area is 142 Å². The van der Waals surface area contributed by atoms with E-state index in [1.54, 1.807) is 6.20 Å². The summed E-state index contributed by atoms with van der Waals surface area (Å²) in [6, 6.07) is 9.87. The number of aromatic nitrogens is 2. The van der Waals surface area contributed by atoms with E-state index in [0.29, 0.717) is 24.7 Å². The lowest BCUT2D eigenvalue weighted by molar-refractivity contribution is 0.0204. The molecule has 0 aliphatic carbocycles. The first-order chi connectivity index (χ1) is 11.7. The van der Waals surface area contributed by atoms with Crippen molar-refractivity contribution < 1.29 is 9.53 Å². The highest BCUT2D eigenvalue weighted by Gasteiger charge is 2.18. The molecule has 1 aliphatic heterocycles. The molecule has 0 spiro atoms. The molecule has 1 aromatic heterocycles. The summed E-state index contributed by atoms with van der Waals surface area (Å²) in [7, 11) is 0. The highest BCUT2D eigenvalue weighted by molar-refractivity contribution is 5.95. The molecule has 1 amide bonds. The maximum atomic E-state index is 12.6. The number of morpholine rings is 1. The first-order valence-corrected chi connectivity index (χ1v) is 8.39. The van der Waals surface area contributed by atoms with Crippen molar-refractivity contribution in [2.45, 2.75) is 19.5 Å². The van der Waals surface area contributed by atoms with Crippen LogP contribution in [0.25, 0.3) is 0 Å². The Morgan fingerprint density at radius 1 is 1.29 bits per heavy atom. The molecule has 6 heteroatoms. The van der Waals surface area contributed by atoms with E-state index in [-0.39, 0.29) is 5.91 Å². The maximum Gasteiger partial charge on any atom is 0.251 e. The van der Waals surface area contributed by atoms with Crippen LogP contribution in [0.15, 0.2) is 42.7 Å². The van der Waals surface area contributed by atoms with Crippen LogP contribution in [-0.4, -0.2) is 59.5 Å². The molecule has 2 aromatic rings. The quantitative estimate of drug-likeness (QED) is 0.870. The Morgan fingerprint density at radius 3 is 2.83 bits per heavy atom. The van der Waals surface area contributed by atoms with E-state index in [2.05, 4.69) is 22.2 Å². The zero-order valence-corrected chi connectivity index (χ0v) is 14.0. The van der Waals surface area contributed by atoms with Crippen LogP contribution >= 0.6 is 0 Å². The van der Waals surface area contributed by atoms with E-state index in [0.717, 1.165) is 31.9 Å². The second kappa shape index (κ2) is 8.08. The van der Waals surface area contributed by atoms with Gasteiger partial charge in [0.1, 0.15) is 0 Å². The second-order valence-electron chi connectivity index (χ2n) is 6.07. The van der Waals surface area contributed by atoms with Crippen molar-refractivity contribution in [1.82, 2.24) is 20.0 Å². The van der Waals surface area contributed by atoms with E-state index in [4.69, 9.17) is 4.74 Å². The third-order valence-corrected chi connectivity index (χ3v) is 4.38. The highest BCUT2D eigenvalue weighted by Crippen LogP contribution is 2.11. The highest BCUT2D eigenvalue weighted by atomic mass is 16.5. The minimum atomic E-state index is -0.0298. The van der Waals surface area contributed by atoms with E-state index >= 15 is 0 Å². The molecule has 1 N–H and O–H groups in total. The zero-order chi connectivity index (χ0) is 16.8. The topological polar surface area (TPSA) is 59.4 Å². The number of rotatable bonds is 6. The summed E-state index contributed by atoms with van der Waals surface area (Å²) >= 11 is 0. The molecule has 1 aliphatic rings. The molecule has 1 atom stereocenters. The lowest BCUT2D eigenvalue weighted by Crippen LogP contribution is -2.47. The molecule has 128 valence electrons. The fourth-order valence-corrected chi connectivity index (χ4v) is 2.93. The van der Waals surface area contributed by atoms with Crippen LogP contribution < -0.4 is 5.32 Å². The number of carbonyl (C=O) groups is 1. The predicted molar refractivity (Wildman–Crippen MR) is 92.0 cm³/mol. The normalized spacial score (nSPS) is 16.7. The molecular formula is C18H24N4O2. The molecule has 1 fully saturated rings. The molecule has 24 heavy (non-hydrogen) atoms. The van der Waals surface area contributed by atoms with Gasteiger partial charge in [0, 0.05) is 43.6 Å². The van der Waals surface area contributed by atoms with Gasteiger partial charge < -0.3 is 10.1 Å². The Hall–Kier alpha value is -2.18. The molecule has 2 heterocycles. The van der Waals surface area contributed by atoms with E-state index in [1.807, 2.05) is 41.2 Å². The van der Waals surface area contributed by atoms with Crippen molar-refractivity contribution >= 4 is 5.91 Å². The van der Waals surface area contributed by atoms with Gasteiger partial charge >= 0.3 is 0 Å². The Balaban J connectivity index is 1.60. The average molecular weight is 328 g/mol. The van der Waals surface area contributed by atoms with E-state index in [9.17, 15) is 4.79 Å². The lowest BCUT2D eigenvalue weighted by Gasteiger charge is -2.32. The summed E-state index contributed by atoms with van der Waals surface area (Å²) in [5.74, 6) is -0.0298. The summed E-state index contributed by atoms with van der Waals surface area (Å²) < 4.78 is 7.20. The largest absolute Gasteiger partial charge is 0.379 e. The third-order valence-electron chi connectivity index (χ3n) is 4.38. The fraction of sp³-hybridized carbons (Fsp3) is 0.444. The monoisotopic (exact) mass is 328 g/mol. The average Bonchev–Trinajstić information content (AvgIpc) is 3.13.